The van der Waals surface area contributed by atoms with E-state index in [2.05, 4.69) is 32.3 Å². The Kier molecular flexibility index (Phi) is 6.45. The Balaban J connectivity index is 1.66. The second-order valence-corrected chi connectivity index (χ2v) is 7.32. The third-order valence-corrected chi connectivity index (χ3v) is 5.01. The van der Waals surface area contributed by atoms with Crippen molar-refractivity contribution in [3.63, 3.8) is 0 Å². The van der Waals surface area contributed by atoms with Crippen molar-refractivity contribution in [2.75, 3.05) is 18.4 Å². The van der Waals surface area contributed by atoms with E-state index in [-0.39, 0.29) is 18.2 Å². The van der Waals surface area contributed by atoms with Crippen LogP contribution >= 0.6 is 0 Å². The van der Waals surface area contributed by atoms with Gasteiger partial charge >= 0.3 is 0 Å². The summed E-state index contributed by atoms with van der Waals surface area (Å²) in [6.45, 7) is 3.57. The van der Waals surface area contributed by atoms with Gasteiger partial charge in [-0.15, -0.1) is 0 Å². The molecule has 3 aromatic rings. The molecule has 0 atom stereocenters. The lowest BCUT2D eigenvalue weighted by atomic mass is 10.2. The molecule has 6 nitrogen and oxygen atoms in total. The monoisotopic (exact) mass is 422 g/mol. The minimum Gasteiger partial charge on any atom is -0.368 e. The molecule has 0 fully saturated rings. The van der Waals surface area contributed by atoms with Gasteiger partial charge in [-0.3, -0.25) is 9.67 Å². The minimum atomic E-state index is -0.505. The first-order chi connectivity index (χ1) is 15.2. The van der Waals surface area contributed by atoms with Crippen molar-refractivity contribution >= 4 is 11.5 Å². The van der Waals surface area contributed by atoms with E-state index in [0.717, 1.165) is 36.9 Å². The molecule has 1 aliphatic rings. The van der Waals surface area contributed by atoms with Crippen molar-refractivity contribution in [3.8, 4) is 11.5 Å². The fourth-order valence-electron chi connectivity index (χ4n) is 3.37. The third-order valence-electron chi connectivity index (χ3n) is 5.01. The SMILES string of the molecule is CCCCCNc1nc(-c2cc(C3=NCC=C3)n(Cc3ccccc3F)n2)ncc1F. The lowest BCUT2D eigenvalue weighted by Gasteiger charge is -2.08. The number of hydrogen-bond donors (Lipinski definition) is 1. The Morgan fingerprint density at radius 1 is 1.13 bits per heavy atom. The first-order valence-corrected chi connectivity index (χ1v) is 10.4. The summed E-state index contributed by atoms with van der Waals surface area (Å²) in [6, 6.07) is 8.39. The number of nitrogens with one attached hydrogen (secondary N) is 1. The standard InChI is InChI=1S/C23H24F2N6/c1-2-3-6-11-27-22-18(25)14-28-23(29-22)20-13-21(19-10-7-12-26-19)31(30-20)15-16-8-4-5-9-17(16)24/h4-5,7-10,13-14H,2-3,6,11-12,15H2,1H3,(H,27,28,29). The van der Waals surface area contributed by atoms with Crippen molar-refractivity contribution < 1.29 is 8.78 Å². The van der Waals surface area contributed by atoms with Gasteiger partial charge in [0.2, 0.25) is 0 Å². The van der Waals surface area contributed by atoms with E-state index in [1.807, 2.05) is 18.2 Å². The van der Waals surface area contributed by atoms with Crippen molar-refractivity contribution in [3.05, 3.63) is 71.6 Å². The van der Waals surface area contributed by atoms with E-state index in [1.54, 1.807) is 22.9 Å². The number of nitrogens with zero attached hydrogens (tertiary/aromatic N) is 5. The van der Waals surface area contributed by atoms with Gasteiger partial charge in [0.15, 0.2) is 17.5 Å². The number of halogens is 2. The number of hydrogen-bond acceptors (Lipinski definition) is 5. The summed E-state index contributed by atoms with van der Waals surface area (Å²) >= 11 is 0. The quantitative estimate of drug-likeness (QED) is 0.511. The number of anilines is 1. The average molecular weight is 422 g/mol. The zero-order chi connectivity index (χ0) is 21.6. The molecule has 160 valence electrons. The number of benzene rings is 1. The molecule has 1 aliphatic heterocycles. The van der Waals surface area contributed by atoms with Gasteiger partial charge in [0.25, 0.3) is 0 Å². The Labute approximate surface area is 179 Å². The molecule has 0 bridgehead atoms. The van der Waals surface area contributed by atoms with Crippen molar-refractivity contribution in [2.45, 2.75) is 32.7 Å². The summed E-state index contributed by atoms with van der Waals surface area (Å²) in [6.07, 6.45) is 8.08. The average Bonchev–Trinajstić information content (AvgIpc) is 3.44. The van der Waals surface area contributed by atoms with Crippen molar-refractivity contribution in [1.29, 1.82) is 0 Å². The Morgan fingerprint density at radius 2 is 2.00 bits per heavy atom. The molecule has 1 N–H and O–H groups in total. The van der Waals surface area contributed by atoms with E-state index in [4.69, 9.17) is 0 Å². The Hall–Kier alpha value is -3.42. The van der Waals surface area contributed by atoms with Crippen LogP contribution in [0, 0.1) is 11.6 Å². The number of allylic oxidation sites excluding steroid dienone is 1. The molecule has 0 aliphatic carbocycles. The van der Waals surface area contributed by atoms with Crippen LogP contribution in [0.15, 0.2) is 53.7 Å². The second kappa shape index (κ2) is 9.59. The molecule has 0 saturated heterocycles. The van der Waals surface area contributed by atoms with Crippen LogP contribution in [0.1, 0.15) is 37.4 Å². The van der Waals surface area contributed by atoms with E-state index in [0.29, 0.717) is 30.2 Å². The summed E-state index contributed by atoms with van der Waals surface area (Å²) in [7, 11) is 0. The fraction of sp³-hybridized carbons (Fsp3) is 0.304. The van der Waals surface area contributed by atoms with Gasteiger partial charge in [0.05, 0.1) is 30.7 Å². The molecular weight excluding hydrogens is 398 g/mol. The molecule has 0 spiro atoms. The fourth-order valence-corrected chi connectivity index (χ4v) is 3.37. The Bertz CT molecular complexity index is 1120. The molecule has 1 aromatic carbocycles. The smallest absolute Gasteiger partial charge is 0.183 e. The second-order valence-electron chi connectivity index (χ2n) is 7.32. The van der Waals surface area contributed by atoms with Gasteiger partial charge in [-0.25, -0.2) is 18.7 Å². The third kappa shape index (κ3) is 4.84. The molecule has 8 heteroatoms. The van der Waals surface area contributed by atoms with Gasteiger partial charge in [-0.05, 0) is 24.6 Å². The molecule has 0 saturated carbocycles. The Morgan fingerprint density at radius 3 is 2.77 bits per heavy atom. The van der Waals surface area contributed by atoms with Crippen LogP contribution in [0.3, 0.4) is 0 Å². The molecule has 0 unspecified atom stereocenters. The van der Waals surface area contributed by atoms with Crippen LogP contribution in [0.25, 0.3) is 11.5 Å². The number of aliphatic imine (C=N–C) groups is 1. The molecule has 4 rings (SSSR count). The predicted octanol–water partition coefficient (Wildman–Crippen LogP) is 4.63. The largest absolute Gasteiger partial charge is 0.368 e. The van der Waals surface area contributed by atoms with Crippen LogP contribution in [0.2, 0.25) is 0 Å². The van der Waals surface area contributed by atoms with Crippen molar-refractivity contribution in [1.82, 2.24) is 19.7 Å². The van der Waals surface area contributed by atoms with Crippen LogP contribution in [0.5, 0.6) is 0 Å². The summed E-state index contributed by atoms with van der Waals surface area (Å²) in [4.78, 5) is 12.9. The maximum absolute atomic E-state index is 14.2. The topological polar surface area (TPSA) is 68.0 Å². The van der Waals surface area contributed by atoms with Gasteiger partial charge in [-0.2, -0.15) is 5.10 Å². The molecule has 31 heavy (non-hydrogen) atoms. The van der Waals surface area contributed by atoms with Gasteiger partial charge in [-0.1, -0.05) is 44.0 Å². The minimum absolute atomic E-state index is 0.157. The first-order valence-electron chi connectivity index (χ1n) is 10.4. The molecule has 0 radical (unpaired) electrons. The normalized spacial score (nSPS) is 12.9. The summed E-state index contributed by atoms with van der Waals surface area (Å²) < 4.78 is 30.1. The van der Waals surface area contributed by atoms with Crippen LogP contribution in [-0.2, 0) is 6.54 Å². The zero-order valence-corrected chi connectivity index (χ0v) is 17.4. The van der Waals surface area contributed by atoms with Crippen LogP contribution < -0.4 is 5.32 Å². The lowest BCUT2D eigenvalue weighted by Crippen LogP contribution is -2.11. The predicted molar refractivity (Wildman–Crippen MR) is 117 cm³/mol. The van der Waals surface area contributed by atoms with E-state index in [1.165, 1.54) is 6.07 Å². The highest BCUT2D eigenvalue weighted by Crippen LogP contribution is 2.22. The van der Waals surface area contributed by atoms with Crippen LogP contribution in [-0.4, -0.2) is 38.5 Å². The summed E-state index contributed by atoms with van der Waals surface area (Å²) in [5.74, 6) is -0.347. The number of rotatable bonds is 9. The van der Waals surface area contributed by atoms with Crippen LogP contribution in [0.4, 0.5) is 14.6 Å². The van der Waals surface area contributed by atoms with Gasteiger partial charge < -0.3 is 5.32 Å². The zero-order valence-electron chi connectivity index (χ0n) is 17.4. The maximum atomic E-state index is 14.2. The van der Waals surface area contributed by atoms with E-state index in [9.17, 15) is 8.78 Å². The number of aromatic nitrogens is 4. The highest BCUT2D eigenvalue weighted by atomic mass is 19.1. The highest BCUT2D eigenvalue weighted by Gasteiger charge is 2.18. The summed E-state index contributed by atoms with van der Waals surface area (Å²) in [5, 5.41) is 7.64. The molecular formula is C23H24F2N6. The van der Waals surface area contributed by atoms with E-state index < -0.39 is 5.82 Å². The molecule has 2 aromatic heterocycles. The van der Waals surface area contributed by atoms with Gasteiger partial charge in [0.1, 0.15) is 11.5 Å². The van der Waals surface area contributed by atoms with Gasteiger partial charge in [0, 0.05) is 12.1 Å². The lowest BCUT2D eigenvalue weighted by molar-refractivity contribution is 0.584. The first kappa shape index (κ1) is 20.8. The molecule has 3 heterocycles. The number of unbranched alkanes of at least 4 members (excludes halogenated alkanes) is 2. The maximum Gasteiger partial charge on any atom is 0.183 e. The molecule has 0 amide bonds. The summed E-state index contributed by atoms with van der Waals surface area (Å²) in [5.41, 5.74) is 2.48. The van der Waals surface area contributed by atoms with E-state index >= 15 is 0 Å². The van der Waals surface area contributed by atoms with Crippen molar-refractivity contribution in [2.24, 2.45) is 4.99 Å². The highest BCUT2D eigenvalue weighted by molar-refractivity contribution is 6.09.